The van der Waals surface area contributed by atoms with Crippen LogP contribution in [-0.2, 0) is 21.5 Å². The van der Waals surface area contributed by atoms with E-state index in [1.165, 1.54) is 0 Å². The quantitative estimate of drug-likeness (QED) is 0.838. The van der Waals surface area contributed by atoms with Crippen LogP contribution in [0.2, 0.25) is 0 Å². The summed E-state index contributed by atoms with van der Waals surface area (Å²) >= 11 is 0. The van der Waals surface area contributed by atoms with Crippen LogP contribution in [0.4, 0.5) is 0 Å². The molecule has 4 heteroatoms. The number of amides is 1. The van der Waals surface area contributed by atoms with E-state index in [1.807, 2.05) is 54.4 Å². The van der Waals surface area contributed by atoms with Crippen molar-refractivity contribution in [3.8, 4) is 5.75 Å². The minimum atomic E-state index is -0.504. The molecule has 1 heterocycles. The third-order valence-electron chi connectivity index (χ3n) is 5.03. The number of benzene rings is 2. The number of carbonyl (C=O) groups is 1. The molecule has 0 bridgehead atoms. The fourth-order valence-corrected chi connectivity index (χ4v) is 3.63. The maximum Gasteiger partial charge on any atom is 0.233 e. The van der Waals surface area contributed by atoms with Crippen molar-refractivity contribution in [2.24, 2.45) is 0 Å². The number of rotatable bonds is 5. The first-order valence-electron chi connectivity index (χ1n) is 8.68. The van der Waals surface area contributed by atoms with Crippen molar-refractivity contribution in [3.05, 3.63) is 65.7 Å². The topological polar surface area (TPSA) is 38.8 Å². The summed E-state index contributed by atoms with van der Waals surface area (Å²) < 4.78 is 11.0. The molecule has 0 spiro atoms. The van der Waals surface area contributed by atoms with Gasteiger partial charge in [-0.15, -0.1) is 0 Å². The van der Waals surface area contributed by atoms with Gasteiger partial charge in [-0.05, 0) is 24.5 Å². The fraction of sp³-hybridized carbons (Fsp3) is 0.381. The van der Waals surface area contributed by atoms with Crippen molar-refractivity contribution in [1.29, 1.82) is 0 Å². The Hall–Kier alpha value is -2.33. The Morgan fingerprint density at radius 3 is 2.40 bits per heavy atom. The highest BCUT2D eigenvalue weighted by Gasteiger charge is 2.43. The molecule has 1 saturated heterocycles. The molecule has 2 aromatic rings. The number of hydrogen-bond donors (Lipinski definition) is 0. The molecule has 0 N–H and O–H groups in total. The Labute approximate surface area is 149 Å². The third-order valence-corrected chi connectivity index (χ3v) is 5.03. The number of para-hydroxylation sites is 1. The van der Waals surface area contributed by atoms with E-state index in [0.717, 1.165) is 16.9 Å². The van der Waals surface area contributed by atoms with Gasteiger partial charge in [-0.25, -0.2) is 0 Å². The van der Waals surface area contributed by atoms with Gasteiger partial charge in [0.25, 0.3) is 0 Å². The standard InChI is InChI=1S/C21H25NO3/c1-22(16-17-8-6-7-11-19(17)24-2)20(23)21(12-14-25-15-13-21)18-9-4-3-5-10-18/h3-11H,12-16H2,1-2H3. The van der Waals surface area contributed by atoms with E-state index in [1.54, 1.807) is 7.11 Å². The largest absolute Gasteiger partial charge is 0.496 e. The Bertz CT molecular complexity index is 708. The number of methoxy groups -OCH3 is 1. The predicted molar refractivity (Wildman–Crippen MR) is 97.6 cm³/mol. The van der Waals surface area contributed by atoms with Crippen LogP contribution in [0.15, 0.2) is 54.6 Å². The van der Waals surface area contributed by atoms with Gasteiger partial charge in [-0.2, -0.15) is 0 Å². The molecule has 25 heavy (non-hydrogen) atoms. The Morgan fingerprint density at radius 1 is 1.08 bits per heavy atom. The molecular weight excluding hydrogens is 314 g/mol. The lowest BCUT2D eigenvalue weighted by Gasteiger charge is -2.39. The van der Waals surface area contributed by atoms with Gasteiger partial charge in [-0.1, -0.05) is 48.5 Å². The van der Waals surface area contributed by atoms with E-state index in [2.05, 4.69) is 12.1 Å². The highest BCUT2D eigenvalue weighted by Crippen LogP contribution is 2.37. The summed E-state index contributed by atoms with van der Waals surface area (Å²) in [6, 6.07) is 17.9. The van der Waals surface area contributed by atoms with Crippen molar-refractivity contribution >= 4 is 5.91 Å². The van der Waals surface area contributed by atoms with E-state index < -0.39 is 5.41 Å². The summed E-state index contributed by atoms with van der Waals surface area (Å²) in [4.78, 5) is 15.3. The molecule has 1 aliphatic rings. The minimum Gasteiger partial charge on any atom is -0.496 e. The molecule has 132 valence electrons. The van der Waals surface area contributed by atoms with Gasteiger partial charge in [0.1, 0.15) is 5.75 Å². The Morgan fingerprint density at radius 2 is 1.72 bits per heavy atom. The lowest BCUT2D eigenvalue weighted by Crippen LogP contribution is -2.48. The van der Waals surface area contributed by atoms with E-state index in [-0.39, 0.29) is 5.91 Å². The van der Waals surface area contributed by atoms with E-state index >= 15 is 0 Å². The summed E-state index contributed by atoms with van der Waals surface area (Å²) in [5.41, 5.74) is 1.59. The van der Waals surface area contributed by atoms with Gasteiger partial charge >= 0.3 is 0 Å². The average molecular weight is 339 g/mol. The molecule has 1 aliphatic heterocycles. The molecule has 0 aliphatic carbocycles. The lowest BCUT2D eigenvalue weighted by atomic mass is 9.73. The summed E-state index contributed by atoms with van der Waals surface area (Å²) in [5, 5.41) is 0. The normalized spacial score (nSPS) is 16.2. The highest BCUT2D eigenvalue weighted by atomic mass is 16.5. The smallest absolute Gasteiger partial charge is 0.233 e. The molecule has 1 amide bonds. The molecule has 4 nitrogen and oxygen atoms in total. The van der Waals surface area contributed by atoms with Crippen LogP contribution in [-0.4, -0.2) is 38.2 Å². The lowest BCUT2D eigenvalue weighted by molar-refractivity contribution is -0.140. The summed E-state index contributed by atoms with van der Waals surface area (Å²) in [6.07, 6.45) is 1.43. The molecule has 0 atom stereocenters. The zero-order valence-corrected chi connectivity index (χ0v) is 14.9. The van der Waals surface area contributed by atoms with Crippen molar-refractivity contribution in [1.82, 2.24) is 4.90 Å². The van der Waals surface area contributed by atoms with Crippen LogP contribution in [0.3, 0.4) is 0 Å². The van der Waals surface area contributed by atoms with Crippen molar-refractivity contribution in [2.45, 2.75) is 24.8 Å². The van der Waals surface area contributed by atoms with Gasteiger partial charge in [0, 0.05) is 32.4 Å². The maximum atomic E-state index is 13.5. The van der Waals surface area contributed by atoms with E-state index in [9.17, 15) is 4.79 Å². The van der Waals surface area contributed by atoms with E-state index in [0.29, 0.717) is 32.6 Å². The van der Waals surface area contributed by atoms with Crippen LogP contribution in [0.5, 0.6) is 5.75 Å². The van der Waals surface area contributed by atoms with Gasteiger partial charge in [-0.3, -0.25) is 4.79 Å². The summed E-state index contributed by atoms with van der Waals surface area (Å²) in [6.45, 7) is 1.75. The monoisotopic (exact) mass is 339 g/mol. The predicted octanol–water partition coefficient (Wildman–Crippen LogP) is 3.40. The molecule has 0 saturated carbocycles. The summed E-state index contributed by atoms with van der Waals surface area (Å²) in [7, 11) is 3.53. The number of nitrogens with zero attached hydrogens (tertiary/aromatic N) is 1. The number of ether oxygens (including phenoxy) is 2. The third kappa shape index (κ3) is 3.54. The van der Waals surface area contributed by atoms with Crippen LogP contribution in [0, 0.1) is 0 Å². The number of hydrogen-bond acceptors (Lipinski definition) is 3. The fourth-order valence-electron chi connectivity index (χ4n) is 3.63. The second-order valence-corrected chi connectivity index (χ2v) is 6.53. The number of carbonyl (C=O) groups excluding carboxylic acids is 1. The SMILES string of the molecule is COc1ccccc1CN(C)C(=O)C1(c2ccccc2)CCOCC1. The molecule has 3 rings (SSSR count). The zero-order chi connectivity index (χ0) is 17.7. The second kappa shape index (κ2) is 7.70. The van der Waals surface area contributed by atoms with Crippen LogP contribution < -0.4 is 4.74 Å². The van der Waals surface area contributed by atoms with Crippen molar-refractivity contribution in [3.63, 3.8) is 0 Å². The first-order valence-corrected chi connectivity index (χ1v) is 8.68. The van der Waals surface area contributed by atoms with Gasteiger partial charge < -0.3 is 14.4 Å². The first-order chi connectivity index (χ1) is 12.2. The summed E-state index contributed by atoms with van der Waals surface area (Å²) in [5.74, 6) is 0.954. The van der Waals surface area contributed by atoms with Crippen LogP contribution >= 0.6 is 0 Å². The molecule has 0 unspecified atom stereocenters. The van der Waals surface area contributed by atoms with Gasteiger partial charge in [0.05, 0.1) is 12.5 Å². The number of likely N-dealkylation sites (N-methyl/N-ethyl adjacent to an activating group) is 1. The molecule has 2 aromatic carbocycles. The Kier molecular flexibility index (Phi) is 5.39. The van der Waals surface area contributed by atoms with Gasteiger partial charge in [0.2, 0.25) is 5.91 Å². The minimum absolute atomic E-state index is 0.146. The first kappa shape index (κ1) is 17.5. The van der Waals surface area contributed by atoms with Crippen molar-refractivity contribution in [2.75, 3.05) is 27.4 Å². The second-order valence-electron chi connectivity index (χ2n) is 6.53. The van der Waals surface area contributed by atoms with Crippen LogP contribution in [0.25, 0.3) is 0 Å². The van der Waals surface area contributed by atoms with Crippen molar-refractivity contribution < 1.29 is 14.3 Å². The average Bonchev–Trinajstić information content (AvgIpc) is 2.69. The molecule has 1 fully saturated rings. The Balaban J connectivity index is 1.87. The zero-order valence-electron chi connectivity index (χ0n) is 14.9. The van der Waals surface area contributed by atoms with E-state index in [4.69, 9.17) is 9.47 Å². The molecule has 0 aromatic heterocycles. The molecule has 0 radical (unpaired) electrons. The van der Waals surface area contributed by atoms with Crippen LogP contribution in [0.1, 0.15) is 24.0 Å². The maximum absolute atomic E-state index is 13.5. The highest BCUT2D eigenvalue weighted by molar-refractivity contribution is 5.88. The van der Waals surface area contributed by atoms with Gasteiger partial charge in [0.15, 0.2) is 0 Å². The molecular formula is C21H25NO3.